The normalized spacial score (nSPS) is 12.6. The summed E-state index contributed by atoms with van der Waals surface area (Å²) in [4.78, 5) is 12.5. The molecule has 0 unspecified atom stereocenters. The van der Waals surface area contributed by atoms with Gasteiger partial charge in [0.15, 0.2) is 17.2 Å². The van der Waals surface area contributed by atoms with Crippen molar-refractivity contribution in [3.63, 3.8) is 0 Å². The minimum Gasteiger partial charge on any atom is -0.490 e. The highest BCUT2D eigenvalue weighted by Gasteiger charge is 2.15. The maximum Gasteiger partial charge on any atom is 0.243 e. The SMILES string of the molecule is O=C(CNc1cc2c(cc1Cl)OCCCO2)Nc1ccccc1Oc1ccccc1. The van der Waals surface area contributed by atoms with E-state index in [1.165, 1.54) is 0 Å². The number of halogens is 1. The van der Waals surface area contributed by atoms with E-state index in [4.69, 9.17) is 25.8 Å². The fourth-order valence-electron chi connectivity index (χ4n) is 2.96. The van der Waals surface area contributed by atoms with Gasteiger partial charge in [-0.1, -0.05) is 41.9 Å². The molecular weight excluding hydrogens is 404 g/mol. The number of amides is 1. The van der Waals surface area contributed by atoms with Gasteiger partial charge in [-0.3, -0.25) is 4.79 Å². The number of fused-ring (bicyclic) bond motifs is 1. The van der Waals surface area contributed by atoms with Gasteiger partial charge in [-0.05, 0) is 24.3 Å². The zero-order chi connectivity index (χ0) is 20.8. The minimum atomic E-state index is -0.234. The second kappa shape index (κ2) is 9.41. The van der Waals surface area contributed by atoms with Crippen LogP contribution in [0.2, 0.25) is 5.02 Å². The van der Waals surface area contributed by atoms with Gasteiger partial charge in [0.25, 0.3) is 0 Å². The molecule has 0 saturated heterocycles. The van der Waals surface area contributed by atoms with Crippen LogP contribution in [0, 0.1) is 0 Å². The maximum absolute atomic E-state index is 12.5. The van der Waals surface area contributed by atoms with Crippen LogP contribution in [0.1, 0.15) is 6.42 Å². The number of benzene rings is 3. The highest BCUT2D eigenvalue weighted by atomic mass is 35.5. The first-order valence-corrected chi connectivity index (χ1v) is 10.0. The smallest absolute Gasteiger partial charge is 0.243 e. The average molecular weight is 425 g/mol. The van der Waals surface area contributed by atoms with E-state index in [0.717, 1.165) is 6.42 Å². The number of rotatable bonds is 6. The largest absolute Gasteiger partial charge is 0.490 e. The Labute approximate surface area is 179 Å². The predicted octanol–water partition coefficient (Wildman–Crippen LogP) is 5.34. The molecule has 154 valence electrons. The van der Waals surface area contributed by atoms with Gasteiger partial charge in [-0.25, -0.2) is 0 Å². The Morgan fingerprint density at radius 2 is 1.63 bits per heavy atom. The molecule has 30 heavy (non-hydrogen) atoms. The van der Waals surface area contributed by atoms with E-state index >= 15 is 0 Å². The lowest BCUT2D eigenvalue weighted by atomic mass is 10.2. The van der Waals surface area contributed by atoms with Crippen LogP contribution in [0.5, 0.6) is 23.0 Å². The molecule has 0 radical (unpaired) electrons. The number of nitrogens with one attached hydrogen (secondary N) is 2. The topological polar surface area (TPSA) is 68.8 Å². The van der Waals surface area contributed by atoms with E-state index in [-0.39, 0.29) is 12.5 Å². The van der Waals surface area contributed by atoms with Gasteiger partial charge < -0.3 is 24.8 Å². The van der Waals surface area contributed by atoms with Crippen LogP contribution < -0.4 is 24.8 Å². The predicted molar refractivity (Wildman–Crippen MR) is 117 cm³/mol. The van der Waals surface area contributed by atoms with Gasteiger partial charge in [0.2, 0.25) is 5.91 Å². The van der Waals surface area contributed by atoms with Crippen molar-refractivity contribution < 1.29 is 19.0 Å². The maximum atomic E-state index is 12.5. The Balaban J connectivity index is 1.41. The van der Waals surface area contributed by atoms with E-state index in [0.29, 0.717) is 52.6 Å². The van der Waals surface area contributed by atoms with Gasteiger partial charge in [-0.2, -0.15) is 0 Å². The molecule has 1 amide bonds. The molecule has 0 bridgehead atoms. The summed E-state index contributed by atoms with van der Waals surface area (Å²) in [5.74, 6) is 2.24. The van der Waals surface area contributed by atoms with Gasteiger partial charge in [0, 0.05) is 18.6 Å². The number of anilines is 2. The van der Waals surface area contributed by atoms with E-state index < -0.39 is 0 Å². The van der Waals surface area contributed by atoms with Crippen molar-refractivity contribution in [2.45, 2.75) is 6.42 Å². The Kier molecular flexibility index (Phi) is 6.25. The van der Waals surface area contributed by atoms with Crippen LogP contribution in [-0.2, 0) is 4.79 Å². The number of carbonyl (C=O) groups excluding carboxylic acids is 1. The summed E-state index contributed by atoms with van der Waals surface area (Å²) in [6, 6.07) is 20.1. The molecule has 3 aromatic rings. The first-order chi connectivity index (χ1) is 14.7. The van der Waals surface area contributed by atoms with Gasteiger partial charge in [0.1, 0.15) is 5.75 Å². The molecule has 1 aliphatic rings. The third-order valence-electron chi connectivity index (χ3n) is 4.41. The van der Waals surface area contributed by atoms with Gasteiger partial charge >= 0.3 is 0 Å². The third-order valence-corrected chi connectivity index (χ3v) is 4.72. The lowest BCUT2D eigenvalue weighted by Crippen LogP contribution is -2.22. The van der Waals surface area contributed by atoms with Crippen LogP contribution in [-0.4, -0.2) is 25.7 Å². The van der Waals surface area contributed by atoms with E-state index in [1.807, 2.05) is 42.5 Å². The van der Waals surface area contributed by atoms with Crippen LogP contribution in [0.25, 0.3) is 0 Å². The summed E-state index contributed by atoms with van der Waals surface area (Å²) < 4.78 is 17.2. The fraction of sp³-hybridized carbons (Fsp3) is 0.174. The number of carbonyl (C=O) groups is 1. The van der Waals surface area contributed by atoms with Crippen molar-refractivity contribution in [3.05, 3.63) is 71.8 Å². The minimum absolute atomic E-state index is 0.0268. The second-order valence-electron chi connectivity index (χ2n) is 6.64. The van der Waals surface area contributed by atoms with Crippen molar-refractivity contribution in [2.75, 3.05) is 30.4 Å². The Bertz CT molecular complexity index is 1030. The van der Waals surface area contributed by atoms with Crippen LogP contribution in [0.15, 0.2) is 66.7 Å². The first kappa shape index (κ1) is 19.9. The summed E-state index contributed by atoms with van der Waals surface area (Å²) in [5.41, 5.74) is 1.18. The van der Waals surface area contributed by atoms with Crippen molar-refractivity contribution >= 4 is 28.9 Å². The molecule has 4 rings (SSSR count). The first-order valence-electron chi connectivity index (χ1n) is 9.64. The number of hydrogen-bond donors (Lipinski definition) is 2. The van der Waals surface area contributed by atoms with Crippen LogP contribution in [0.3, 0.4) is 0 Å². The van der Waals surface area contributed by atoms with Gasteiger partial charge in [-0.15, -0.1) is 0 Å². The molecule has 0 atom stereocenters. The fourth-order valence-corrected chi connectivity index (χ4v) is 3.18. The van der Waals surface area contributed by atoms with Crippen molar-refractivity contribution in [3.8, 4) is 23.0 Å². The second-order valence-corrected chi connectivity index (χ2v) is 7.05. The molecule has 6 nitrogen and oxygen atoms in total. The molecular formula is C23H21ClN2O4. The number of hydrogen-bond acceptors (Lipinski definition) is 5. The summed E-state index contributed by atoms with van der Waals surface area (Å²) in [6.45, 7) is 1.19. The van der Waals surface area contributed by atoms with Crippen LogP contribution in [0.4, 0.5) is 11.4 Å². The van der Waals surface area contributed by atoms with E-state index in [2.05, 4.69) is 10.6 Å². The van der Waals surface area contributed by atoms with Crippen LogP contribution >= 0.6 is 11.6 Å². The molecule has 0 aromatic heterocycles. The third kappa shape index (κ3) is 4.96. The summed E-state index contributed by atoms with van der Waals surface area (Å²) >= 11 is 6.32. The molecule has 2 N–H and O–H groups in total. The molecule has 0 saturated carbocycles. The van der Waals surface area contributed by atoms with Gasteiger partial charge in [0.05, 0.1) is 36.2 Å². The Morgan fingerprint density at radius 3 is 2.43 bits per heavy atom. The summed E-state index contributed by atoms with van der Waals surface area (Å²) in [7, 11) is 0. The highest BCUT2D eigenvalue weighted by molar-refractivity contribution is 6.33. The highest BCUT2D eigenvalue weighted by Crippen LogP contribution is 2.37. The average Bonchev–Trinajstić information content (AvgIpc) is 2.99. The Morgan fingerprint density at radius 1 is 0.933 bits per heavy atom. The summed E-state index contributed by atoms with van der Waals surface area (Å²) in [6.07, 6.45) is 0.807. The molecule has 1 heterocycles. The lowest BCUT2D eigenvalue weighted by molar-refractivity contribution is -0.114. The van der Waals surface area contributed by atoms with Crippen molar-refractivity contribution in [1.82, 2.24) is 0 Å². The lowest BCUT2D eigenvalue weighted by Gasteiger charge is -2.14. The molecule has 0 aliphatic carbocycles. The zero-order valence-corrected chi connectivity index (χ0v) is 16.9. The number of para-hydroxylation sites is 3. The van der Waals surface area contributed by atoms with E-state index in [9.17, 15) is 4.79 Å². The quantitative estimate of drug-likeness (QED) is 0.558. The van der Waals surface area contributed by atoms with Crippen molar-refractivity contribution in [2.24, 2.45) is 0 Å². The molecule has 3 aromatic carbocycles. The number of ether oxygens (including phenoxy) is 3. The van der Waals surface area contributed by atoms with Crippen molar-refractivity contribution in [1.29, 1.82) is 0 Å². The van der Waals surface area contributed by atoms with E-state index in [1.54, 1.807) is 24.3 Å². The molecule has 1 aliphatic heterocycles. The Hall–Kier alpha value is -3.38. The molecule has 0 spiro atoms. The zero-order valence-electron chi connectivity index (χ0n) is 16.2. The molecule has 7 heteroatoms. The summed E-state index contributed by atoms with van der Waals surface area (Å²) in [5, 5.41) is 6.38. The standard InChI is InChI=1S/C23H21ClN2O4/c24-17-13-21-22(29-12-6-11-28-21)14-19(17)25-15-23(27)26-18-9-4-5-10-20(18)30-16-7-2-1-3-8-16/h1-5,7-10,13-14,25H,6,11-12,15H2,(H,26,27). The monoisotopic (exact) mass is 424 g/mol. The molecule has 0 fully saturated rings.